The van der Waals surface area contributed by atoms with Gasteiger partial charge in [-0.05, 0) is 25.5 Å². The Labute approximate surface area is 60.4 Å². The smallest absolute Gasteiger partial charge is 0.136 e. The molecule has 0 saturated heterocycles. The minimum atomic E-state index is 0.0532. The zero-order valence-corrected chi connectivity index (χ0v) is 6.70. The summed E-state index contributed by atoms with van der Waals surface area (Å²) in [6.45, 7) is 0. The Morgan fingerprint density at radius 1 is 1.78 bits per heavy atom. The molecule has 0 fully saturated rings. The fourth-order valence-electron chi connectivity index (χ4n) is 0.525. The first-order chi connectivity index (χ1) is 4.35. The van der Waals surface area contributed by atoms with Crippen LogP contribution in [0.15, 0.2) is 0 Å². The van der Waals surface area contributed by atoms with Crippen molar-refractivity contribution in [2.75, 3.05) is 19.1 Å². The Hall–Kier alpha value is -0.0200. The number of hydrogen-bond acceptors (Lipinski definition) is 3. The van der Waals surface area contributed by atoms with E-state index in [0.717, 1.165) is 18.5 Å². The van der Waals surface area contributed by atoms with Crippen molar-refractivity contribution in [1.82, 2.24) is 5.32 Å². The lowest BCUT2D eigenvalue weighted by Gasteiger charge is -2.05. The van der Waals surface area contributed by atoms with Crippen molar-refractivity contribution in [2.24, 2.45) is 0 Å². The van der Waals surface area contributed by atoms with Crippen LogP contribution in [0.3, 0.4) is 0 Å². The van der Waals surface area contributed by atoms with Crippen molar-refractivity contribution in [3.8, 4) is 0 Å². The highest BCUT2D eigenvalue weighted by atomic mass is 32.2. The molecule has 0 amide bonds. The van der Waals surface area contributed by atoms with Gasteiger partial charge in [0.2, 0.25) is 0 Å². The summed E-state index contributed by atoms with van der Waals surface area (Å²) in [6, 6.07) is 0.0532. The van der Waals surface area contributed by atoms with E-state index in [4.69, 9.17) is 0 Å². The number of carbonyl (C=O) groups is 1. The van der Waals surface area contributed by atoms with Crippen LogP contribution < -0.4 is 5.32 Å². The van der Waals surface area contributed by atoms with Gasteiger partial charge in [-0.25, -0.2) is 0 Å². The number of likely N-dealkylation sites (N-methyl/N-ethyl adjacent to an activating group) is 1. The summed E-state index contributed by atoms with van der Waals surface area (Å²) >= 11 is 1.76. The van der Waals surface area contributed by atoms with Crippen LogP contribution >= 0.6 is 11.8 Å². The largest absolute Gasteiger partial charge is 0.311 e. The van der Waals surface area contributed by atoms with Crippen molar-refractivity contribution in [2.45, 2.75) is 12.5 Å². The minimum absolute atomic E-state index is 0.0532. The number of aldehydes is 1. The fourth-order valence-corrected chi connectivity index (χ4v) is 1.01. The Bertz CT molecular complexity index is 77.5. The Balaban J connectivity index is 3.20. The molecule has 0 bridgehead atoms. The summed E-state index contributed by atoms with van der Waals surface area (Å²) in [5, 5.41) is 2.91. The van der Waals surface area contributed by atoms with E-state index in [1.54, 1.807) is 18.8 Å². The Morgan fingerprint density at radius 2 is 2.44 bits per heavy atom. The van der Waals surface area contributed by atoms with Gasteiger partial charge in [-0.3, -0.25) is 0 Å². The second-order valence-corrected chi connectivity index (χ2v) is 2.80. The maximum atomic E-state index is 10.2. The number of carbonyl (C=O) groups excluding carboxylic acids is 1. The van der Waals surface area contributed by atoms with E-state index in [1.165, 1.54) is 0 Å². The van der Waals surface area contributed by atoms with E-state index in [9.17, 15) is 4.79 Å². The first kappa shape index (κ1) is 8.98. The molecule has 0 aliphatic heterocycles. The first-order valence-electron chi connectivity index (χ1n) is 2.96. The lowest BCUT2D eigenvalue weighted by molar-refractivity contribution is -0.109. The van der Waals surface area contributed by atoms with Crippen molar-refractivity contribution >= 4 is 18.0 Å². The third kappa shape index (κ3) is 4.48. The molecule has 0 spiro atoms. The van der Waals surface area contributed by atoms with Gasteiger partial charge in [0.1, 0.15) is 6.29 Å². The molecular formula is C6H13NOS. The van der Waals surface area contributed by atoms with Crippen LogP contribution in [0, 0.1) is 0 Å². The predicted molar refractivity (Wildman–Crippen MR) is 41.9 cm³/mol. The molecule has 9 heavy (non-hydrogen) atoms. The predicted octanol–water partition coefficient (Wildman–Crippen LogP) is 0.526. The van der Waals surface area contributed by atoms with Gasteiger partial charge in [0.05, 0.1) is 6.04 Å². The lowest BCUT2D eigenvalue weighted by Crippen LogP contribution is -2.26. The van der Waals surface area contributed by atoms with Crippen LogP contribution in [-0.4, -0.2) is 31.4 Å². The molecule has 0 unspecified atom stereocenters. The van der Waals surface area contributed by atoms with Gasteiger partial charge in [-0.1, -0.05) is 0 Å². The molecule has 0 saturated carbocycles. The quantitative estimate of drug-likeness (QED) is 0.575. The third-order valence-electron chi connectivity index (χ3n) is 1.17. The molecule has 0 aromatic carbocycles. The number of hydrogen-bond donors (Lipinski definition) is 1. The summed E-state index contributed by atoms with van der Waals surface area (Å²) in [5.74, 6) is 1.05. The molecule has 54 valence electrons. The second kappa shape index (κ2) is 6.11. The SMILES string of the molecule is CN[C@H](C=O)CCSC. The van der Waals surface area contributed by atoms with E-state index in [2.05, 4.69) is 5.32 Å². The zero-order chi connectivity index (χ0) is 7.11. The van der Waals surface area contributed by atoms with Crippen LogP contribution in [0.2, 0.25) is 0 Å². The number of nitrogens with one attached hydrogen (secondary N) is 1. The first-order valence-corrected chi connectivity index (χ1v) is 4.36. The number of thioether (sulfide) groups is 1. The minimum Gasteiger partial charge on any atom is -0.311 e. The van der Waals surface area contributed by atoms with E-state index >= 15 is 0 Å². The molecule has 0 aromatic rings. The van der Waals surface area contributed by atoms with Gasteiger partial charge >= 0.3 is 0 Å². The maximum Gasteiger partial charge on any atom is 0.136 e. The number of rotatable bonds is 5. The fraction of sp³-hybridized carbons (Fsp3) is 0.833. The molecule has 0 radical (unpaired) electrons. The monoisotopic (exact) mass is 147 g/mol. The van der Waals surface area contributed by atoms with Gasteiger partial charge < -0.3 is 10.1 Å². The lowest BCUT2D eigenvalue weighted by atomic mass is 10.3. The molecule has 0 aromatic heterocycles. The Kier molecular flexibility index (Phi) is 6.09. The highest BCUT2D eigenvalue weighted by molar-refractivity contribution is 7.98. The molecule has 0 heterocycles. The normalized spacial score (nSPS) is 13.1. The van der Waals surface area contributed by atoms with Crippen LogP contribution in [0.4, 0.5) is 0 Å². The molecule has 1 N–H and O–H groups in total. The molecule has 0 aliphatic rings. The van der Waals surface area contributed by atoms with E-state index in [0.29, 0.717) is 0 Å². The average Bonchev–Trinajstić information content (AvgIpc) is 1.91. The molecule has 3 heteroatoms. The van der Waals surface area contributed by atoms with Gasteiger partial charge in [0.15, 0.2) is 0 Å². The summed E-state index contributed by atoms with van der Waals surface area (Å²) in [4.78, 5) is 10.2. The molecule has 0 aliphatic carbocycles. The summed E-state index contributed by atoms with van der Waals surface area (Å²) in [5.41, 5.74) is 0. The van der Waals surface area contributed by atoms with Crippen molar-refractivity contribution in [1.29, 1.82) is 0 Å². The third-order valence-corrected chi connectivity index (χ3v) is 1.81. The van der Waals surface area contributed by atoms with Crippen LogP contribution in [-0.2, 0) is 4.79 Å². The zero-order valence-electron chi connectivity index (χ0n) is 5.89. The highest BCUT2D eigenvalue weighted by Gasteiger charge is 2.00. The standard InChI is InChI=1S/C6H13NOS/c1-7-6(5-8)3-4-9-2/h5-7H,3-4H2,1-2H3/t6-/m0/s1. The van der Waals surface area contributed by atoms with Crippen molar-refractivity contribution < 1.29 is 4.79 Å². The Morgan fingerprint density at radius 3 is 2.78 bits per heavy atom. The molecule has 0 rings (SSSR count). The molecular weight excluding hydrogens is 134 g/mol. The van der Waals surface area contributed by atoms with Crippen molar-refractivity contribution in [3.63, 3.8) is 0 Å². The van der Waals surface area contributed by atoms with E-state index in [1.807, 2.05) is 6.26 Å². The summed E-state index contributed by atoms with van der Waals surface area (Å²) in [6.07, 6.45) is 3.93. The van der Waals surface area contributed by atoms with Crippen LogP contribution in [0.1, 0.15) is 6.42 Å². The van der Waals surface area contributed by atoms with E-state index < -0.39 is 0 Å². The maximum absolute atomic E-state index is 10.2. The van der Waals surface area contributed by atoms with E-state index in [-0.39, 0.29) is 6.04 Å². The van der Waals surface area contributed by atoms with Crippen LogP contribution in [0.5, 0.6) is 0 Å². The average molecular weight is 147 g/mol. The summed E-state index contributed by atoms with van der Waals surface area (Å²) < 4.78 is 0. The van der Waals surface area contributed by atoms with Gasteiger partial charge in [0, 0.05) is 0 Å². The van der Waals surface area contributed by atoms with Gasteiger partial charge in [-0.2, -0.15) is 11.8 Å². The second-order valence-electron chi connectivity index (χ2n) is 1.81. The van der Waals surface area contributed by atoms with Crippen LogP contribution in [0.25, 0.3) is 0 Å². The molecule has 1 atom stereocenters. The highest BCUT2D eigenvalue weighted by Crippen LogP contribution is 1.97. The van der Waals surface area contributed by atoms with Crippen molar-refractivity contribution in [3.05, 3.63) is 0 Å². The topological polar surface area (TPSA) is 29.1 Å². The molecule has 2 nitrogen and oxygen atoms in total. The van der Waals surface area contributed by atoms with Gasteiger partial charge in [0.25, 0.3) is 0 Å². The summed E-state index contributed by atoms with van der Waals surface area (Å²) in [7, 11) is 1.80. The van der Waals surface area contributed by atoms with Gasteiger partial charge in [-0.15, -0.1) is 0 Å².